The zero-order valence-corrected chi connectivity index (χ0v) is 21.3. The van der Waals surface area contributed by atoms with Crippen molar-refractivity contribution >= 4 is 21.6 Å². The first-order valence-electron chi connectivity index (χ1n) is 12.1. The van der Waals surface area contributed by atoms with Crippen molar-refractivity contribution in [2.45, 2.75) is 30.7 Å². The molecule has 35 heavy (non-hydrogen) atoms. The summed E-state index contributed by atoms with van der Waals surface area (Å²) < 4.78 is 26.8. The van der Waals surface area contributed by atoms with Gasteiger partial charge in [0.1, 0.15) is 0 Å². The molecule has 0 unspecified atom stereocenters. The maximum absolute atomic E-state index is 13.7. The summed E-state index contributed by atoms with van der Waals surface area (Å²) in [6.45, 7) is 5.15. The van der Waals surface area contributed by atoms with Crippen LogP contribution in [0.2, 0.25) is 0 Å². The van der Waals surface area contributed by atoms with Crippen molar-refractivity contribution in [1.82, 2.24) is 14.1 Å². The Morgan fingerprint density at radius 3 is 2.20 bits per heavy atom. The van der Waals surface area contributed by atoms with Crippen molar-refractivity contribution in [1.29, 1.82) is 5.26 Å². The maximum atomic E-state index is 13.7. The van der Waals surface area contributed by atoms with Gasteiger partial charge in [0, 0.05) is 65.6 Å². The molecule has 2 aromatic carbocycles. The lowest BCUT2D eigenvalue weighted by atomic mass is 10.1. The Kier molecular flexibility index (Phi) is 7.75. The molecule has 0 radical (unpaired) electrons. The zero-order chi connectivity index (χ0) is 25.0. The Bertz CT molecular complexity index is 1190. The van der Waals surface area contributed by atoms with Gasteiger partial charge in [0.25, 0.3) is 5.91 Å². The van der Waals surface area contributed by atoms with E-state index in [-0.39, 0.29) is 10.8 Å². The molecule has 2 fully saturated rings. The number of nitriles is 1. The van der Waals surface area contributed by atoms with Gasteiger partial charge in [0.05, 0.1) is 22.1 Å². The highest BCUT2D eigenvalue weighted by atomic mass is 32.2. The standard InChI is InChI=1S/C26H33N5O3S/c1-28(2)35(33,34)23-10-11-25(30-12-4-3-5-13-30)24(18-23)26(32)31-16-14-29(15-17-31)20-22-8-6-21(19-27)7-9-22/h6-11,18H,3-5,12-17,20H2,1-2H3. The van der Waals surface area contributed by atoms with Crippen LogP contribution in [0.1, 0.15) is 40.7 Å². The molecule has 2 heterocycles. The molecule has 0 atom stereocenters. The summed E-state index contributed by atoms with van der Waals surface area (Å²) in [5.41, 5.74) is 3.08. The number of carbonyl (C=O) groups excluding carboxylic acids is 1. The molecule has 9 heteroatoms. The van der Waals surface area contributed by atoms with Crippen LogP contribution in [-0.4, -0.2) is 81.8 Å². The first-order valence-corrected chi connectivity index (χ1v) is 13.6. The predicted molar refractivity (Wildman–Crippen MR) is 136 cm³/mol. The summed E-state index contributed by atoms with van der Waals surface area (Å²) in [5.74, 6) is -0.112. The largest absolute Gasteiger partial charge is 0.371 e. The van der Waals surface area contributed by atoms with Gasteiger partial charge in [-0.3, -0.25) is 9.69 Å². The second kappa shape index (κ2) is 10.8. The lowest BCUT2D eigenvalue weighted by Gasteiger charge is -2.36. The molecule has 0 spiro atoms. The van der Waals surface area contributed by atoms with Gasteiger partial charge in [-0.05, 0) is 55.2 Å². The first-order chi connectivity index (χ1) is 16.8. The van der Waals surface area contributed by atoms with Crippen molar-refractivity contribution < 1.29 is 13.2 Å². The second-order valence-corrected chi connectivity index (χ2v) is 11.5. The van der Waals surface area contributed by atoms with Crippen LogP contribution in [0.5, 0.6) is 0 Å². The molecule has 0 aliphatic carbocycles. The number of rotatable bonds is 6. The highest BCUT2D eigenvalue weighted by Gasteiger charge is 2.28. The van der Waals surface area contributed by atoms with E-state index in [1.807, 2.05) is 29.2 Å². The second-order valence-electron chi connectivity index (χ2n) is 9.39. The van der Waals surface area contributed by atoms with Crippen molar-refractivity contribution in [2.24, 2.45) is 0 Å². The van der Waals surface area contributed by atoms with E-state index in [2.05, 4.69) is 15.9 Å². The van der Waals surface area contributed by atoms with Crippen LogP contribution in [-0.2, 0) is 16.6 Å². The number of anilines is 1. The summed E-state index contributed by atoms with van der Waals surface area (Å²) in [6, 6.07) is 14.7. The first kappa shape index (κ1) is 25.2. The minimum absolute atomic E-state index is 0.112. The van der Waals surface area contributed by atoms with Crippen molar-refractivity contribution in [3.63, 3.8) is 0 Å². The van der Waals surface area contributed by atoms with Crippen LogP contribution >= 0.6 is 0 Å². The molecule has 2 aliphatic rings. The van der Waals surface area contributed by atoms with Crippen LogP contribution in [0.3, 0.4) is 0 Å². The number of piperidine rings is 1. The molecule has 0 bridgehead atoms. The van der Waals surface area contributed by atoms with Gasteiger partial charge in [-0.2, -0.15) is 5.26 Å². The topological polar surface area (TPSA) is 88.0 Å². The fourth-order valence-electron chi connectivity index (χ4n) is 4.69. The molecule has 2 aromatic rings. The average Bonchev–Trinajstić information content (AvgIpc) is 2.89. The zero-order valence-electron chi connectivity index (χ0n) is 20.5. The molecule has 4 rings (SSSR count). The van der Waals surface area contributed by atoms with E-state index in [4.69, 9.17) is 5.26 Å². The fraction of sp³-hybridized carbons (Fsp3) is 0.462. The Labute approximate surface area is 208 Å². The summed E-state index contributed by atoms with van der Waals surface area (Å²) in [4.78, 5) is 20.2. The van der Waals surface area contributed by atoms with Crippen LogP contribution in [0.4, 0.5) is 5.69 Å². The third-order valence-electron chi connectivity index (χ3n) is 6.82. The molecule has 8 nitrogen and oxygen atoms in total. The van der Waals surface area contributed by atoms with Crippen LogP contribution in [0.25, 0.3) is 0 Å². The monoisotopic (exact) mass is 495 g/mol. The van der Waals surface area contributed by atoms with Crippen LogP contribution in [0, 0.1) is 11.3 Å². The predicted octanol–water partition coefficient (Wildman–Crippen LogP) is 2.76. The quantitative estimate of drug-likeness (QED) is 0.612. The number of piperazine rings is 1. The Morgan fingerprint density at radius 1 is 0.943 bits per heavy atom. The van der Waals surface area contributed by atoms with Gasteiger partial charge in [0.15, 0.2) is 0 Å². The van der Waals surface area contributed by atoms with Crippen molar-refractivity contribution in [3.8, 4) is 6.07 Å². The minimum atomic E-state index is -3.64. The van der Waals surface area contributed by atoms with Crippen molar-refractivity contribution in [2.75, 3.05) is 58.3 Å². The molecule has 186 valence electrons. The van der Waals surface area contributed by atoms with E-state index in [0.717, 1.165) is 56.8 Å². The molecule has 2 saturated heterocycles. The molecule has 2 aliphatic heterocycles. The van der Waals surface area contributed by atoms with Crippen molar-refractivity contribution in [3.05, 3.63) is 59.2 Å². The minimum Gasteiger partial charge on any atom is -0.371 e. The van der Waals surface area contributed by atoms with E-state index in [1.165, 1.54) is 24.8 Å². The highest BCUT2D eigenvalue weighted by molar-refractivity contribution is 7.89. The lowest BCUT2D eigenvalue weighted by Crippen LogP contribution is -2.48. The Hall–Kier alpha value is -2.93. The molecule has 0 N–H and O–H groups in total. The highest BCUT2D eigenvalue weighted by Crippen LogP contribution is 2.29. The number of carbonyl (C=O) groups is 1. The summed E-state index contributed by atoms with van der Waals surface area (Å²) >= 11 is 0. The number of amides is 1. The number of hydrogen-bond acceptors (Lipinski definition) is 6. The van der Waals surface area contributed by atoms with Gasteiger partial charge < -0.3 is 9.80 Å². The number of nitrogens with zero attached hydrogens (tertiary/aromatic N) is 5. The van der Waals surface area contributed by atoms with E-state index >= 15 is 0 Å². The molecule has 0 aromatic heterocycles. The molecular formula is C26H33N5O3S. The maximum Gasteiger partial charge on any atom is 0.256 e. The summed E-state index contributed by atoms with van der Waals surface area (Å²) in [7, 11) is -0.639. The van der Waals surface area contributed by atoms with Gasteiger partial charge in [-0.25, -0.2) is 12.7 Å². The third-order valence-corrected chi connectivity index (χ3v) is 8.63. The smallest absolute Gasteiger partial charge is 0.256 e. The van der Waals surface area contributed by atoms with E-state index in [0.29, 0.717) is 24.2 Å². The Morgan fingerprint density at radius 2 is 1.60 bits per heavy atom. The average molecular weight is 496 g/mol. The van der Waals surface area contributed by atoms with Crippen LogP contribution < -0.4 is 4.90 Å². The van der Waals surface area contributed by atoms with Gasteiger partial charge >= 0.3 is 0 Å². The molecular weight excluding hydrogens is 462 g/mol. The normalized spacial score (nSPS) is 17.4. The van der Waals surface area contributed by atoms with Gasteiger partial charge in [-0.1, -0.05) is 12.1 Å². The van der Waals surface area contributed by atoms with Gasteiger partial charge in [0.2, 0.25) is 10.0 Å². The molecule has 0 saturated carbocycles. The third kappa shape index (κ3) is 5.67. The Balaban J connectivity index is 1.51. The number of benzene rings is 2. The van der Waals surface area contributed by atoms with Gasteiger partial charge in [-0.15, -0.1) is 0 Å². The lowest BCUT2D eigenvalue weighted by molar-refractivity contribution is 0.0628. The molecule has 1 amide bonds. The number of hydrogen-bond donors (Lipinski definition) is 0. The fourth-order valence-corrected chi connectivity index (χ4v) is 5.62. The summed E-state index contributed by atoms with van der Waals surface area (Å²) in [5, 5.41) is 8.98. The van der Waals surface area contributed by atoms with Crippen LogP contribution in [0.15, 0.2) is 47.4 Å². The summed E-state index contributed by atoms with van der Waals surface area (Å²) in [6.07, 6.45) is 3.31. The van der Waals surface area contributed by atoms with E-state index in [1.54, 1.807) is 18.2 Å². The van der Waals surface area contributed by atoms with E-state index in [9.17, 15) is 13.2 Å². The number of sulfonamides is 1. The SMILES string of the molecule is CN(C)S(=O)(=O)c1ccc(N2CCCCC2)c(C(=O)N2CCN(Cc3ccc(C#N)cc3)CC2)c1. The van der Waals surface area contributed by atoms with E-state index < -0.39 is 10.0 Å².